The fourth-order valence-electron chi connectivity index (χ4n) is 1.32. The summed E-state index contributed by atoms with van der Waals surface area (Å²) < 4.78 is 5.43. The number of pyridine rings is 1. The Morgan fingerprint density at radius 1 is 1.19 bits per heavy atom. The molecule has 0 aromatic carbocycles. The lowest BCUT2D eigenvalue weighted by Gasteiger charge is -2.10. The Balaban J connectivity index is 0.00000106. The van der Waals surface area contributed by atoms with E-state index in [0.29, 0.717) is 12.5 Å². The van der Waals surface area contributed by atoms with E-state index in [9.17, 15) is 0 Å². The summed E-state index contributed by atoms with van der Waals surface area (Å²) in [6.07, 6.45) is 0.959. The molecule has 0 radical (unpaired) electrons. The number of rotatable bonds is 4. The minimum absolute atomic E-state index is 0.530. The van der Waals surface area contributed by atoms with Crippen LogP contribution in [0.3, 0.4) is 0 Å². The molecule has 0 amide bonds. The molecule has 0 bridgehead atoms. The number of aromatic nitrogens is 1. The fraction of sp³-hybridized carbons (Fsp3) is 0.643. The van der Waals surface area contributed by atoms with Crippen LogP contribution in [0.5, 0.6) is 5.88 Å². The van der Waals surface area contributed by atoms with Gasteiger partial charge in [-0.15, -0.1) is 0 Å². The van der Waals surface area contributed by atoms with Crippen LogP contribution in [-0.4, -0.2) is 11.6 Å². The summed E-state index contributed by atoms with van der Waals surface area (Å²) >= 11 is 0. The summed E-state index contributed by atoms with van der Waals surface area (Å²) in [6.45, 7) is 13.1. The van der Waals surface area contributed by atoms with Crippen LogP contribution in [-0.2, 0) is 6.42 Å². The molecule has 0 unspecified atom stereocenters. The molecule has 1 rings (SSSR count). The maximum atomic E-state index is 5.43. The first-order valence-electron chi connectivity index (χ1n) is 6.31. The summed E-state index contributed by atoms with van der Waals surface area (Å²) in [4.78, 5) is 4.40. The Morgan fingerprint density at radius 2 is 1.81 bits per heavy atom. The minimum Gasteiger partial charge on any atom is -0.478 e. The van der Waals surface area contributed by atoms with E-state index in [1.165, 1.54) is 5.56 Å². The predicted octanol–water partition coefficient (Wildman–Crippen LogP) is 4.19. The highest BCUT2D eigenvalue weighted by molar-refractivity contribution is 5.27. The highest BCUT2D eigenvalue weighted by Crippen LogP contribution is 2.20. The van der Waals surface area contributed by atoms with Crippen LogP contribution in [0, 0.1) is 0 Å². The van der Waals surface area contributed by atoms with Crippen molar-refractivity contribution < 1.29 is 4.74 Å². The lowest BCUT2D eigenvalue weighted by atomic mass is 10.0. The van der Waals surface area contributed by atoms with Crippen LogP contribution in [0.15, 0.2) is 12.1 Å². The number of ether oxygens (including phenoxy) is 1. The molecule has 0 N–H and O–H groups in total. The predicted molar refractivity (Wildman–Crippen MR) is 70.2 cm³/mol. The average Bonchev–Trinajstić information content (AvgIpc) is 2.31. The number of nitrogens with zero attached hydrogens (tertiary/aromatic N) is 1. The summed E-state index contributed by atoms with van der Waals surface area (Å²) in [5, 5.41) is 0. The Kier molecular flexibility index (Phi) is 7.61. The lowest BCUT2D eigenvalue weighted by molar-refractivity contribution is 0.325. The molecular weight excluding hydrogens is 198 g/mol. The molecule has 1 heterocycles. The molecule has 0 aliphatic carbocycles. The standard InChI is InChI=1S/C12H19NO.C2H6/c1-5-11-7-10(9(3)4)8-12(13-11)14-6-2;1-2/h7-9H,5-6H2,1-4H3;1-2H3. The van der Waals surface area contributed by atoms with E-state index in [1.807, 2.05) is 26.8 Å². The van der Waals surface area contributed by atoms with Gasteiger partial charge >= 0.3 is 0 Å². The highest BCUT2D eigenvalue weighted by Gasteiger charge is 2.05. The molecule has 0 saturated carbocycles. The Morgan fingerprint density at radius 3 is 2.25 bits per heavy atom. The van der Waals surface area contributed by atoms with Gasteiger partial charge in [-0.1, -0.05) is 34.6 Å². The van der Waals surface area contributed by atoms with Crippen molar-refractivity contribution in [2.45, 2.75) is 53.9 Å². The zero-order chi connectivity index (χ0) is 12.6. The van der Waals surface area contributed by atoms with Crippen LogP contribution >= 0.6 is 0 Å². The van der Waals surface area contributed by atoms with Gasteiger partial charge in [0, 0.05) is 11.8 Å². The van der Waals surface area contributed by atoms with Crippen molar-refractivity contribution in [3.05, 3.63) is 23.4 Å². The largest absolute Gasteiger partial charge is 0.478 e. The fourth-order valence-corrected chi connectivity index (χ4v) is 1.32. The maximum Gasteiger partial charge on any atom is 0.213 e. The van der Waals surface area contributed by atoms with Gasteiger partial charge in [0.25, 0.3) is 0 Å². The maximum absolute atomic E-state index is 5.43. The number of hydrogen-bond acceptors (Lipinski definition) is 2. The molecule has 2 nitrogen and oxygen atoms in total. The zero-order valence-corrected chi connectivity index (χ0v) is 11.5. The van der Waals surface area contributed by atoms with Crippen molar-refractivity contribution in [1.82, 2.24) is 4.98 Å². The molecule has 2 heteroatoms. The molecule has 92 valence electrons. The first-order chi connectivity index (χ1) is 7.67. The quantitative estimate of drug-likeness (QED) is 0.763. The second-order valence-corrected chi connectivity index (χ2v) is 3.67. The summed E-state index contributed by atoms with van der Waals surface area (Å²) in [5.41, 5.74) is 2.42. The molecular formula is C14H25NO. The molecule has 16 heavy (non-hydrogen) atoms. The van der Waals surface area contributed by atoms with Gasteiger partial charge in [0.1, 0.15) is 0 Å². The molecule has 1 aromatic heterocycles. The van der Waals surface area contributed by atoms with Crippen LogP contribution in [0.4, 0.5) is 0 Å². The minimum atomic E-state index is 0.530. The second-order valence-electron chi connectivity index (χ2n) is 3.67. The van der Waals surface area contributed by atoms with E-state index in [-0.39, 0.29) is 0 Å². The summed E-state index contributed by atoms with van der Waals surface area (Å²) in [7, 11) is 0. The number of hydrogen-bond donors (Lipinski definition) is 0. The summed E-state index contributed by atoms with van der Waals surface area (Å²) in [6, 6.07) is 4.19. The molecule has 0 saturated heterocycles. The third kappa shape index (κ3) is 4.65. The van der Waals surface area contributed by atoms with Gasteiger partial charge in [-0.3, -0.25) is 0 Å². The van der Waals surface area contributed by atoms with Gasteiger partial charge < -0.3 is 4.74 Å². The second kappa shape index (κ2) is 8.14. The van der Waals surface area contributed by atoms with E-state index >= 15 is 0 Å². The molecule has 1 aromatic rings. The molecule has 0 spiro atoms. The molecule has 0 fully saturated rings. The first-order valence-corrected chi connectivity index (χ1v) is 6.31. The van der Waals surface area contributed by atoms with Crippen LogP contribution in [0.1, 0.15) is 58.7 Å². The van der Waals surface area contributed by atoms with Crippen molar-refractivity contribution in [2.75, 3.05) is 6.61 Å². The Bertz CT molecular complexity index is 295. The van der Waals surface area contributed by atoms with Gasteiger partial charge in [-0.25, -0.2) is 4.98 Å². The smallest absolute Gasteiger partial charge is 0.213 e. The number of aryl methyl sites for hydroxylation is 1. The average molecular weight is 223 g/mol. The first kappa shape index (κ1) is 14.9. The monoisotopic (exact) mass is 223 g/mol. The van der Waals surface area contributed by atoms with Crippen molar-refractivity contribution >= 4 is 0 Å². The third-order valence-electron chi connectivity index (χ3n) is 2.20. The van der Waals surface area contributed by atoms with E-state index < -0.39 is 0 Å². The van der Waals surface area contributed by atoms with Crippen LogP contribution in [0.25, 0.3) is 0 Å². The van der Waals surface area contributed by atoms with E-state index in [4.69, 9.17) is 4.74 Å². The van der Waals surface area contributed by atoms with Crippen LogP contribution < -0.4 is 4.74 Å². The van der Waals surface area contributed by atoms with Crippen molar-refractivity contribution in [3.63, 3.8) is 0 Å². The van der Waals surface area contributed by atoms with Crippen molar-refractivity contribution in [3.8, 4) is 5.88 Å². The topological polar surface area (TPSA) is 22.1 Å². The van der Waals surface area contributed by atoms with Gasteiger partial charge in [0.2, 0.25) is 5.88 Å². The van der Waals surface area contributed by atoms with Crippen molar-refractivity contribution in [1.29, 1.82) is 0 Å². The van der Waals surface area contributed by atoms with Gasteiger partial charge in [-0.05, 0) is 30.9 Å². The normalized spacial score (nSPS) is 9.69. The van der Waals surface area contributed by atoms with Gasteiger partial charge in [0.05, 0.1) is 6.61 Å². The van der Waals surface area contributed by atoms with Crippen LogP contribution in [0.2, 0.25) is 0 Å². The van der Waals surface area contributed by atoms with E-state index in [2.05, 4.69) is 31.8 Å². The molecule has 0 aliphatic rings. The van der Waals surface area contributed by atoms with E-state index in [1.54, 1.807) is 0 Å². The SMILES string of the molecule is CC.CCOc1cc(C(C)C)cc(CC)n1. The lowest BCUT2D eigenvalue weighted by Crippen LogP contribution is -2.00. The molecule has 0 atom stereocenters. The molecule has 0 aliphatic heterocycles. The third-order valence-corrected chi connectivity index (χ3v) is 2.20. The van der Waals surface area contributed by atoms with Crippen molar-refractivity contribution in [2.24, 2.45) is 0 Å². The Hall–Kier alpha value is -1.05. The van der Waals surface area contributed by atoms with E-state index in [0.717, 1.165) is 18.0 Å². The summed E-state index contributed by atoms with van der Waals surface area (Å²) in [5.74, 6) is 1.29. The highest BCUT2D eigenvalue weighted by atomic mass is 16.5. The Labute approximate surface area is 100 Å². The van der Waals surface area contributed by atoms with Gasteiger partial charge in [-0.2, -0.15) is 0 Å². The van der Waals surface area contributed by atoms with Gasteiger partial charge in [0.15, 0.2) is 0 Å². The zero-order valence-electron chi connectivity index (χ0n) is 11.5.